The molecule has 0 rings (SSSR count). The number of hydrogen-bond acceptors (Lipinski definition) is 5. The van der Waals surface area contributed by atoms with E-state index in [0.29, 0.717) is 0 Å². The zero-order valence-electron chi connectivity index (χ0n) is 4.20. The van der Waals surface area contributed by atoms with E-state index in [0.717, 1.165) is 0 Å². The van der Waals surface area contributed by atoms with Gasteiger partial charge in [0.2, 0.25) is 0 Å². The van der Waals surface area contributed by atoms with Crippen molar-refractivity contribution in [1.82, 2.24) is 5.32 Å². The van der Waals surface area contributed by atoms with Crippen molar-refractivity contribution in [2.45, 2.75) is 6.10 Å². The van der Waals surface area contributed by atoms with E-state index in [1.165, 1.54) is 0 Å². The van der Waals surface area contributed by atoms with Crippen molar-refractivity contribution >= 4 is 0 Å². The molecular weight excluding hydrogens is 114 g/mol. The van der Waals surface area contributed by atoms with Gasteiger partial charge in [-0.15, -0.1) is 0 Å². The summed E-state index contributed by atoms with van der Waals surface area (Å²) in [6.07, 6.45) is -2.86. The van der Waals surface area contributed by atoms with Gasteiger partial charge in [-0.1, -0.05) is 0 Å². The Morgan fingerprint density at radius 1 is 1.25 bits per heavy atom. The van der Waals surface area contributed by atoms with E-state index in [-0.39, 0.29) is 13.2 Å². The second-order valence-electron chi connectivity index (χ2n) is 1.29. The zero-order chi connectivity index (χ0) is 6.62. The van der Waals surface area contributed by atoms with E-state index in [9.17, 15) is 0 Å². The van der Waals surface area contributed by atoms with E-state index in [4.69, 9.17) is 20.4 Å². The van der Waals surface area contributed by atoms with Gasteiger partial charge in [0.25, 0.3) is 0 Å². The summed E-state index contributed by atoms with van der Waals surface area (Å²) in [6, 6.07) is 0. The maximum atomic E-state index is 8.04. The fourth-order valence-electron chi connectivity index (χ4n) is 0.224. The smallest absolute Gasteiger partial charge is 0.343 e. The van der Waals surface area contributed by atoms with Crippen LogP contribution in [0.5, 0.6) is 0 Å². The molecule has 0 aromatic rings. The molecule has 0 radical (unpaired) electrons. The predicted molar refractivity (Wildman–Crippen MR) is 24.5 cm³/mol. The number of nitrogens with one attached hydrogen (secondary N) is 1. The molecule has 0 amide bonds. The van der Waals surface area contributed by atoms with Gasteiger partial charge < -0.3 is 20.4 Å². The van der Waals surface area contributed by atoms with Crippen molar-refractivity contribution < 1.29 is 20.4 Å². The maximum absolute atomic E-state index is 8.04. The van der Waals surface area contributed by atoms with Crippen LogP contribution < -0.4 is 5.32 Å². The van der Waals surface area contributed by atoms with Gasteiger partial charge in [0.15, 0.2) is 0 Å². The van der Waals surface area contributed by atoms with Crippen LogP contribution in [0.15, 0.2) is 0 Å². The summed E-state index contributed by atoms with van der Waals surface area (Å²) < 4.78 is 0. The molecular formula is C3H9NO4. The van der Waals surface area contributed by atoms with E-state index in [1.807, 2.05) is 0 Å². The van der Waals surface area contributed by atoms with E-state index in [2.05, 4.69) is 0 Å². The van der Waals surface area contributed by atoms with Gasteiger partial charge in [-0.25, -0.2) is 5.32 Å². The summed E-state index contributed by atoms with van der Waals surface area (Å²) in [5, 5.41) is 33.9. The Morgan fingerprint density at radius 2 is 1.75 bits per heavy atom. The number of rotatable bonds is 3. The minimum atomic E-state index is -2.86. The Kier molecular flexibility index (Phi) is 2.88. The molecule has 8 heavy (non-hydrogen) atoms. The van der Waals surface area contributed by atoms with Crippen LogP contribution >= 0.6 is 0 Å². The van der Waals surface area contributed by atoms with Gasteiger partial charge in [-0.05, 0) is 0 Å². The molecule has 50 valence electrons. The number of aliphatic hydroxyl groups is 4. The largest absolute Gasteiger partial charge is 0.395 e. The Morgan fingerprint density at radius 3 is 1.88 bits per heavy atom. The van der Waals surface area contributed by atoms with Crippen molar-refractivity contribution in [3.05, 3.63) is 0 Å². The summed E-state index contributed by atoms with van der Waals surface area (Å²) in [4.78, 5) is 0. The van der Waals surface area contributed by atoms with Crippen LogP contribution in [0.25, 0.3) is 0 Å². The molecule has 0 aliphatic rings. The van der Waals surface area contributed by atoms with E-state index >= 15 is 0 Å². The second-order valence-corrected chi connectivity index (χ2v) is 1.29. The normalized spacial score (nSPS) is 12.0. The second kappa shape index (κ2) is 2.95. The third kappa shape index (κ3) is 5.80. The highest BCUT2D eigenvalue weighted by molar-refractivity contribution is 4.42. The summed E-state index contributed by atoms with van der Waals surface area (Å²) >= 11 is 0. The van der Waals surface area contributed by atoms with Crippen molar-refractivity contribution in [1.29, 1.82) is 0 Å². The van der Waals surface area contributed by atoms with Gasteiger partial charge in [0.1, 0.15) is 0 Å². The number of hydrogen-bond donors (Lipinski definition) is 5. The lowest BCUT2D eigenvalue weighted by Crippen LogP contribution is -2.45. The number of aliphatic hydroxyl groups excluding tert-OH is 1. The van der Waals surface area contributed by atoms with Crippen molar-refractivity contribution in [2.75, 3.05) is 13.2 Å². The lowest BCUT2D eigenvalue weighted by atomic mass is 10.7. The fraction of sp³-hybridized carbons (Fsp3) is 1.00. The monoisotopic (exact) mass is 123 g/mol. The van der Waals surface area contributed by atoms with Crippen LogP contribution in [-0.4, -0.2) is 39.7 Å². The molecule has 0 aromatic heterocycles. The molecule has 0 spiro atoms. The molecule has 0 saturated heterocycles. The fourth-order valence-corrected chi connectivity index (χ4v) is 0.224. The average Bonchev–Trinajstić information content (AvgIpc) is 1.59. The van der Waals surface area contributed by atoms with Crippen molar-refractivity contribution in [2.24, 2.45) is 0 Å². The summed E-state index contributed by atoms with van der Waals surface area (Å²) in [5.41, 5.74) is 0. The molecule has 0 aliphatic carbocycles. The molecule has 5 heteroatoms. The van der Waals surface area contributed by atoms with Gasteiger partial charge in [-0.2, -0.15) is 0 Å². The highest BCUT2D eigenvalue weighted by Gasteiger charge is 2.14. The standard InChI is InChI=1S/C3H9NO4/c5-2-1-4-3(6,7)8/h4-8H,1-2H2. The summed E-state index contributed by atoms with van der Waals surface area (Å²) in [5.74, 6) is 0. The molecule has 0 aliphatic heterocycles. The van der Waals surface area contributed by atoms with Crippen LogP contribution in [0.2, 0.25) is 0 Å². The Hall–Kier alpha value is -0.200. The first-order valence-electron chi connectivity index (χ1n) is 2.09. The lowest BCUT2D eigenvalue weighted by molar-refractivity contribution is -0.331. The van der Waals surface area contributed by atoms with Crippen LogP contribution in [-0.2, 0) is 0 Å². The molecule has 5 nitrogen and oxygen atoms in total. The highest BCUT2D eigenvalue weighted by Crippen LogP contribution is 1.80. The highest BCUT2D eigenvalue weighted by atomic mass is 16.7. The first-order chi connectivity index (χ1) is 3.56. The van der Waals surface area contributed by atoms with Gasteiger partial charge >= 0.3 is 6.10 Å². The Bertz CT molecular complexity index is 58.8. The van der Waals surface area contributed by atoms with E-state index < -0.39 is 6.10 Å². The molecule has 0 atom stereocenters. The third-order valence-electron chi connectivity index (χ3n) is 0.474. The minimum Gasteiger partial charge on any atom is -0.395 e. The first kappa shape index (κ1) is 7.80. The van der Waals surface area contributed by atoms with E-state index in [1.54, 1.807) is 5.32 Å². The van der Waals surface area contributed by atoms with Crippen LogP contribution in [0.3, 0.4) is 0 Å². The van der Waals surface area contributed by atoms with Crippen LogP contribution in [0, 0.1) is 0 Å². The molecule has 0 unspecified atom stereocenters. The minimum absolute atomic E-state index is 0.0660. The molecule has 5 N–H and O–H groups in total. The van der Waals surface area contributed by atoms with Gasteiger partial charge in [-0.3, -0.25) is 0 Å². The summed E-state index contributed by atoms with van der Waals surface area (Å²) in [7, 11) is 0. The van der Waals surface area contributed by atoms with Crippen molar-refractivity contribution in [3.63, 3.8) is 0 Å². The molecule has 0 fully saturated rings. The maximum Gasteiger partial charge on any atom is 0.343 e. The zero-order valence-corrected chi connectivity index (χ0v) is 4.20. The topological polar surface area (TPSA) is 93.0 Å². The quantitative estimate of drug-likeness (QED) is 0.261. The van der Waals surface area contributed by atoms with Gasteiger partial charge in [0.05, 0.1) is 6.61 Å². The van der Waals surface area contributed by atoms with Crippen molar-refractivity contribution in [3.8, 4) is 0 Å². The molecule has 0 aromatic carbocycles. The SMILES string of the molecule is OCCNC(O)(O)O. The summed E-state index contributed by atoms with van der Waals surface area (Å²) in [6.45, 7) is -0.326. The predicted octanol–water partition coefficient (Wildman–Crippen LogP) is -2.84. The Labute approximate surface area is 46.2 Å². The molecule has 0 heterocycles. The van der Waals surface area contributed by atoms with Crippen LogP contribution in [0.1, 0.15) is 0 Å². The molecule has 0 saturated carbocycles. The first-order valence-corrected chi connectivity index (χ1v) is 2.09. The lowest BCUT2D eigenvalue weighted by Gasteiger charge is -2.13. The average molecular weight is 123 g/mol. The molecule has 0 bridgehead atoms. The van der Waals surface area contributed by atoms with Gasteiger partial charge in [0, 0.05) is 6.54 Å². The van der Waals surface area contributed by atoms with Crippen LogP contribution in [0.4, 0.5) is 0 Å². The Balaban J connectivity index is 3.11. The third-order valence-corrected chi connectivity index (χ3v) is 0.474.